The molecule has 3 rings (SSSR count). The van der Waals surface area contributed by atoms with E-state index in [2.05, 4.69) is 29.6 Å². The van der Waals surface area contributed by atoms with E-state index in [1.54, 1.807) is 0 Å². The van der Waals surface area contributed by atoms with Gasteiger partial charge in [0.25, 0.3) is 0 Å². The molecule has 1 aromatic carbocycles. The van der Waals surface area contributed by atoms with Crippen LogP contribution in [-0.4, -0.2) is 17.5 Å². The number of rotatable bonds is 5. The van der Waals surface area contributed by atoms with Gasteiger partial charge < -0.3 is 11.1 Å². The number of nitrogens with two attached hydrogens (primary N) is 1. The van der Waals surface area contributed by atoms with Crippen molar-refractivity contribution >= 4 is 5.91 Å². The van der Waals surface area contributed by atoms with Crippen molar-refractivity contribution in [3.8, 4) is 0 Å². The minimum Gasteiger partial charge on any atom is -0.353 e. The van der Waals surface area contributed by atoms with Crippen molar-refractivity contribution in [1.29, 1.82) is 0 Å². The minimum absolute atomic E-state index is 0.0403. The van der Waals surface area contributed by atoms with Crippen LogP contribution < -0.4 is 11.1 Å². The lowest BCUT2D eigenvalue weighted by Crippen LogP contribution is -2.47. The molecule has 0 atom stereocenters. The number of nitrogens with one attached hydrogen (secondary N) is 1. The fraction of sp³-hybridized carbons (Fsp3) is 0.611. The normalized spacial score (nSPS) is 20.7. The fourth-order valence-corrected chi connectivity index (χ4v) is 2.83. The van der Waals surface area contributed by atoms with E-state index in [0.29, 0.717) is 6.04 Å². The van der Waals surface area contributed by atoms with Crippen LogP contribution in [0.3, 0.4) is 0 Å². The molecule has 3 heteroatoms. The van der Waals surface area contributed by atoms with Gasteiger partial charge in [-0.05, 0) is 63.5 Å². The van der Waals surface area contributed by atoms with Crippen LogP contribution in [0.1, 0.15) is 57.1 Å². The van der Waals surface area contributed by atoms with E-state index in [-0.39, 0.29) is 11.4 Å². The summed E-state index contributed by atoms with van der Waals surface area (Å²) in [5.41, 5.74) is 8.07. The standard InChI is InChI=1S/C18H26N2O/c1-17(2,16(21)20-15-4-3-5-15)14-8-6-13(7-9-14)12-18(19)10-11-18/h6-9,15H,3-5,10-12,19H2,1-2H3,(H,20,21). The summed E-state index contributed by atoms with van der Waals surface area (Å²) in [6, 6.07) is 8.81. The third-order valence-electron chi connectivity index (χ3n) is 5.13. The second kappa shape index (κ2) is 5.13. The Labute approximate surface area is 127 Å². The second-order valence-corrected chi connectivity index (χ2v) is 7.46. The molecular formula is C18H26N2O. The summed E-state index contributed by atoms with van der Waals surface area (Å²) in [5.74, 6) is 0.137. The van der Waals surface area contributed by atoms with Gasteiger partial charge in [-0.3, -0.25) is 4.79 Å². The van der Waals surface area contributed by atoms with Gasteiger partial charge in [0.1, 0.15) is 0 Å². The molecule has 0 aromatic heterocycles. The molecule has 0 radical (unpaired) electrons. The Morgan fingerprint density at radius 2 is 1.90 bits per heavy atom. The third kappa shape index (κ3) is 3.13. The van der Waals surface area contributed by atoms with Gasteiger partial charge in [-0.1, -0.05) is 24.3 Å². The van der Waals surface area contributed by atoms with E-state index in [1.807, 2.05) is 13.8 Å². The van der Waals surface area contributed by atoms with E-state index in [4.69, 9.17) is 5.73 Å². The Morgan fingerprint density at radius 1 is 1.29 bits per heavy atom. The molecule has 2 fully saturated rings. The van der Waals surface area contributed by atoms with Crippen LogP contribution in [0.5, 0.6) is 0 Å². The number of hydrogen-bond acceptors (Lipinski definition) is 2. The van der Waals surface area contributed by atoms with E-state index < -0.39 is 5.41 Å². The smallest absolute Gasteiger partial charge is 0.230 e. The fourth-order valence-electron chi connectivity index (χ4n) is 2.83. The van der Waals surface area contributed by atoms with Crippen molar-refractivity contribution in [2.45, 2.75) is 69.4 Å². The summed E-state index contributed by atoms with van der Waals surface area (Å²) in [4.78, 5) is 12.5. The molecule has 114 valence electrons. The quantitative estimate of drug-likeness (QED) is 0.874. The van der Waals surface area contributed by atoms with Gasteiger partial charge in [-0.2, -0.15) is 0 Å². The molecule has 0 bridgehead atoms. The molecule has 1 aromatic rings. The number of hydrogen-bond donors (Lipinski definition) is 2. The summed E-state index contributed by atoms with van der Waals surface area (Å²) >= 11 is 0. The number of carbonyl (C=O) groups is 1. The lowest BCUT2D eigenvalue weighted by molar-refractivity contribution is -0.126. The first-order valence-electron chi connectivity index (χ1n) is 8.08. The first-order chi connectivity index (χ1) is 9.89. The molecule has 0 unspecified atom stereocenters. The molecule has 21 heavy (non-hydrogen) atoms. The van der Waals surface area contributed by atoms with Gasteiger partial charge in [-0.25, -0.2) is 0 Å². The number of carbonyl (C=O) groups excluding carboxylic acids is 1. The monoisotopic (exact) mass is 286 g/mol. The minimum atomic E-state index is -0.478. The third-order valence-corrected chi connectivity index (χ3v) is 5.13. The maximum absolute atomic E-state index is 12.5. The van der Waals surface area contributed by atoms with Gasteiger partial charge in [0.2, 0.25) is 5.91 Å². The molecule has 2 saturated carbocycles. The first kappa shape index (κ1) is 14.6. The zero-order valence-electron chi connectivity index (χ0n) is 13.1. The molecule has 1 amide bonds. The van der Waals surface area contributed by atoms with Crippen molar-refractivity contribution in [3.63, 3.8) is 0 Å². The lowest BCUT2D eigenvalue weighted by atomic mass is 9.82. The highest BCUT2D eigenvalue weighted by atomic mass is 16.2. The zero-order valence-corrected chi connectivity index (χ0v) is 13.1. The molecule has 3 nitrogen and oxygen atoms in total. The first-order valence-corrected chi connectivity index (χ1v) is 8.08. The van der Waals surface area contributed by atoms with Crippen LogP contribution in [0.25, 0.3) is 0 Å². The van der Waals surface area contributed by atoms with Crippen LogP contribution >= 0.6 is 0 Å². The Kier molecular flexibility index (Phi) is 3.56. The number of benzene rings is 1. The molecule has 0 saturated heterocycles. The Bertz CT molecular complexity index is 525. The van der Waals surface area contributed by atoms with Crippen LogP contribution in [0.4, 0.5) is 0 Å². The average Bonchev–Trinajstić information content (AvgIpc) is 3.11. The zero-order chi connectivity index (χ0) is 15.1. The predicted molar refractivity (Wildman–Crippen MR) is 85.1 cm³/mol. The highest BCUT2D eigenvalue weighted by Gasteiger charge is 2.38. The molecule has 0 heterocycles. The maximum atomic E-state index is 12.5. The molecule has 2 aliphatic rings. The molecular weight excluding hydrogens is 260 g/mol. The van der Waals surface area contributed by atoms with Gasteiger partial charge in [-0.15, -0.1) is 0 Å². The Morgan fingerprint density at radius 3 is 2.38 bits per heavy atom. The maximum Gasteiger partial charge on any atom is 0.230 e. The van der Waals surface area contributed by atoms with Crippen LogP contribution in [0, 0.1) is 0 Å². The highest BCUT2D eigenvalue weighted by Crippen LogP contribution is 2.36. The van der Waals surface area contributed by atoms with Crippen LogP contribution in [0.15, 0.2) is 24.3 Å². The van der Waals surface area contributed by atoms with Crippen molar-refractivity contribution in [2.24, 2.45) is 5.73 Å². The van der Waals surface area contributed by atoms with E-state index in [1.165, 1.54) is 12.0 Å². The highest BCUT2D eigenvalue weighted by molar-refractivity contribution is 5.87. The molecule has 0 aliphatic heterocycles. The van der Waals surface area contributed by atoms with Gasteiger partial charge in [0, 0.05) is 11.6 Å². The molecule has 0 spiro atoms. The molecule has 3 N–H and O–H groups in total. The summed E-state index contributed by atoms with van der Waals surface area (Å²) in [7, 11) is 0. The SMILES string of the molecule is CC(C)(C(=O)NC1CCC1)c1ccc(CC2(N)CC2)cc1. The summed E-state index contributed by atoms with van der Waals surface area (Å²) in [6.07, 6.45) is 6.69. The topological polar surface area (TPSA) is 55.1 Å². The summed E-state index contributed by atoms with van der Waals surface area (Å²) in [6.45, 7) is 4.00. The van der Waals surface area contributed by atoms with Gasteiger partial charge >= 0.3 is 0 Å². The van der Waals surface area contributed by atoms with Gasteiger partial charge in [0.05, 0.1) is 5.41 Å². The Hall–Kier alpha value is -1.35. The largest absolute Gasteiger partial charge is 0.353 e. The number of amides is 1. The van der Waals surface area contributed by atoms with Gasteiger partial charge in [0.15, 0.2) is 0 Å². The van der Waals surface area contributed by atoms with Crippen molar-refractivity contribution in [3.05, 3.63) is 35.4 Å². The van der Waals surface area contributed by atoms with Crippen molar-refractivity contribution in [1.82, 2.24) is 5.32 Å². The average molecular weight is 286 g/mol. The van der Waals surface area contributed by atoms with Crippen LogP contribution in [-0.2, 0) is 16.6 Å². The summed E-state index contributed by atoms with van der Waals surface area (Å²) in [5, 5.41) is 3.16. The van der Waals surface area contributed by atoms with Crippen molar-refractivity contribution in [2.75, 3.05) is 0 Å². The Balaban J connectivity index is 1.67. The predicted octanol–water partition coefficient (Wildman–Crippen LogP) is 2.67. The summed E-state index contributed by atoms with van der Waals surface area (Å²) < 4.78 is 0. The lowest BCUT2D eigenvalue weighted by Gasteiger charge is -2.32. The van der Waals surface area contributed by atoms with E-state index in [0.717, 1.165) is 37.7 Å². The van der Waals surface area contributed by atoms with Crippen molar-refractivity contribution < 1.29 is 4.79 Å². The van der Waals surface area contributed by atoms with E-state index in [9.17, 15) is 4.79 Å². The van der Waals surface area contributed by atoms with Crippen LogP contribution in [0.2, 0.25) is 0 Å². The second-order valence-electron chi connectivity index (χ2n) is 7.46. The molecule has 2 aliphatic carbocycles. The van der Waals surface area contributed by atoms with E-state index >= 15 is 0 Å².